The molecular formula is C7H8F2N2O2S. The summed E-state index contributed by atoms with van der Waals surface area (Å²) >= 11 is 0. The van der Waals surface area contributed by atoms with Crippen LogP contribution in [-0.4, -0.2) is 8.42 Å². The molecule has 0 unspecified atom stereocenters. The predicted octanol–water partition coefficient (Wildman–Crippen LogP) is 0.258. The van der Waals surface area contributed by atoms with Crippen LogP contribution < -0.4 is 9.86 Å². The van der Waals surface area contributed by atoms with Gasteiger partial charge in [0.1, 0.15) is 11.6 Å². The van der Waals surface area contributed by atoms with Gasteiger partial charge in [-0.15, -0.1) is 0 Å². The first-order valence-corrected chi connectivity index (χ1v) is 5.14. The second-order valence-corrected chi connectivity index (χ2v) is 3.98. The lowest BCUT2D eigenvalue weighted by Gasteiger charge is -2.03. The Hall–Kier alpha value is -1.05. The van der Waals surface area contributed by atoms with E-state index in [9.17, 15) is 17.2 Å². The van der Waals surface area contributed by atoms with Gasteiger partial charge in [0.2, 0.25) is 0 Å². The van der Waals surface area contributed by atoms with E-state index in [0.717, 1.165) is 18.2 Å². The smallest absolute Gasteiger partial charge is 0.216 e. The molecule has 0 aromatic heterocycles. The number of nitrogens with two attached hydrogens (primary N) is 1. The molecule has 1 rings (SSSR count). The average Bonchev–Trinajstić information content (AvgIpc) is 2.05. The monoisotopic (exact) mass is 222 g/mol. The first-order chi connectivity index (χ1) is 6.38. The maximum atomic E-state index is 12.9. The number of nitrogens with one attached hydrogen (secondary N) is 1. The lowest BCUT2D eigenvalue weighted by molar-refractivity contribution is 0.568. The van der Waals surface area contributed by atoms with Crippen molar-refractivity contribution in [2.45, 2.75) is 6.54 Å². The normalized spacial score (nSPS) is 11.6. The van der Waals surface area contributed by atoms with Crippen molar-refractivity contribution in [2.24, 2.45) is 5.14 Å². The summed E-state index contributed by atoms with van der Waals surface area (Å²) in [5.74, 6) is -1.33. The van der Waals surface area contributed by atoms with Crippen molar-refractivity contribution in [1.29, 1.82) is 0 Å². The predicted molar refractivity (Wildman–Crippen MR) is 46.3 cm³/mol. The molecule has 0 atom stereocenters. The largest absolute Gasteiger partial charge is 0.274 e. The van der Waals surface area contributed by atoms with Crippen LogP contribution in [0.5, 0.6) is 0 Å². The number of hydrogen-bond donors (Lipinski definition) is 2. The Morgan fingerprint density at radius 1 is 1.36 bits per heavy atom. The molecular weight excluding hydrogens is 214 g/mol. The van der Waals surface area contributed by atoms with Crippen LogP contribution in [0.1, 0.15) is 5.56 Å². The van der Waals surface area contributed by atoms with E-state index >= 15 is 0 Å². The summed E-state index contributed by atoms with van der Waals surface area (Å²) in [4.78, 5) is 0. The van der Waals surface area contributed by atoms with E-state index in [1.165, 1.54) is 0 Å². The van der Waals surface area contributed by atoms with E-state index in [4.69, 9.17) is 0 Å². The van der Waals surface area contributed by atoms with Gasteiger partial charge in [-0.25, -0.2) is 13.9 Å². The van der Waals surface area contributed by atoms with Gasteiger partial charge in [0.15, 0.2) is 0 Å². The van der Waals surface area contributed by atoms with Gasteiger partial charge < -0.3 is 0 Å². The summed E-state index contributed by atoms with van der Waals surface area (Å²) in [5.41, 5.74) is -0.0981. The van der Waals surface area contributed by atoms with Gasteiger partial charge >= 0.3 is 0 Å². The molecule has 0 heterocycles. The minimum atomic E-state index is -3.89. The molecule has 0 aliphatic rings. The minimum Gasteiger partial charge on any atom is -0.216 e. The highest BCUT2D eigenvalue weighted by Gasteiger charge is 2.06. The van der Waals surface area contributed by atoms with E-state index in [1.807, 2.05) is 4.72 Å². The van der Waals surface area contributed by atoms with Gasteiger partial charge in [0, 0.05) is 12.1 Å². The highest BCUT2D eigenvalue weighted by Crippen LogP contribution is 2.09. The van der Waals surface area contributed by atoms with Crippen LogP contribution >= 0.6 is 0 Å². The number of hydrogen-bond acceptors (Lipinski definition) is 2. The van der Waals surface area contributed by atoms with Gasteiger partial charge in [-0.2, -0.15) is 13.1 Å². The summed E-state index contributed by atoms with van der Waals surface area (Å²) in [7, 11) is -3.89. The molecule has 3 N–H and O–H groups in total. The quantitative estimate of drug-likeness (QED) is 0.769. The highest BCUT2D eigenvalue weighted by atomic mass is 32.2. The van der Waals surface area contributed by atoms with Crippen molar-refractivity contribution in [1.82, 2.24) is 4.72 Å². The van der Waals surface area contributed by atoms with E-state index in [1.54, 1.807) is 0 Å². The molecule has 0 bridgehead atoms. The van der Waals surface area contributed by atoms with Crippen LogP contribution in [0.15, 0.2) is 18.2 Å². The molecule has 0 aliphatic carbocycles. The van der Waals surface area contributed by atoms with Crippen molar-refractivity contribution in [3.63, 3.8) is 0 Å². The first kappa shape index (κ1) is 11.0. The summed E-state index contributed by atoms with van der Waals surface area (Å²) < 4.78 is 48.2. The van der Waals surface area contributed by atoms with Crippen LogP contribution in [-0.2, 0) is 16.8 Å². The number of benzene rings is 1. The van der Waals surface area contributed by atoms with Gasteiger partial charge in [-0.05, 0) is 18.2 Å². The van der Waals surface area contributed by atoms with Crippen LogP contribution in [0.4, 0.5) is 8.78 Å². The molecule has 0 aliphatic heterocycles. The molecule has 1 aromatic carbocycles. The van der Waals surface area contributed by atoms with E-state index in [0.29, 0.717) is 0 Å². The molecule has 4 nitrogen and oxygen atoms in total. The third kappa shape index (κ3) is 3.36. The maximum Gasteiger partial charge on any atom is 0.274 e. The number of halogens is 2. The third-order valence-corrected chi connectivity index (χ3v) is 2.02. The van der Waals surface area contributed by atoms with Crippen LogP contribution in [0, 0.1) is 11.6 Å². The van der Waals surface area contributed by atoms with Gasteiger partial charge in [0.05, 0.1) is 0 Å². The van der Waals surface area contributed by atoms with Crippen LogP contribution in [0.2, 0.25) is 0 Å². The lowest BCUT2D eigenvalue weighted by atomic mass is 10.2. The van der Waals surface area contributed by atoms with E-state index in [-0.39, 0.29) is 12.1 Å². The summed E-state index contributed by atoms with van der Waals surface area (Å²) in [6.07, 6.45) is 0. The first-order valence-electron chi connectivity index (χ1n) is 3.60. The Morgan fingerprint density at radius 2 is 2.00 bits per heavy atom. The van der Waals surface area contributed by atoms with Gasteiger partial charge in [-0.3, -0.25) is 0 Å². The van der Waals surface area contributed by atoms with Crippen molar-refractivity contribution in [3.05, 3.63) is 35.4 Å². The molecule has 0 amide bonds. The van der Waals surface area contributed by atoms with E-state index in [2.05, 4.69) is 5.14 Å². The molecule has 0 spiro atoms. The molecule has 1 aromatic rings. The summed E-state index contributed by atoms with van der Waals surface area (Å²) in [6.45, 7) is -0.373. The Labute approximate surface area is 79.9 Å². The Bertz CT molecular complexity index is 433. The topological polar surface area (TPSA) is 72.2 Å². The molecule has 0 radical (unpaired) electrons. The number of rotatable bonds is 3. The standard InChI is InChI=1S/C7H8F2N2O2S/c8-6-1-2-7(9)5(3-6)4-11-14(10,12)13/h1-3,11H,4H2,(H2,10,12,13). The second-order valence-electron chi connectivity index (χ2n) is 2.60. The minimum absolute atomic E-state index is 0.0981. The van der Waals surface area contributed by atoms with Crippen LogP contribution in [0.3, 0.4) is 0 Å². The molecule has 0 fully saturated rings. The molecule has 78 valence electrons. The Kier molecular flexibility index (Phi) is 3.14. The molecule has 0 saturated carbocycles. The third-order valence-electron chi connectivity index (χ3n) is 1.47. The summed E-state index contributed by atoms with van der Waals surface area (Å²) in [5, 5.41) is 4.62. The van der Waals surface area contributed by atoms with E-state index < -0.39 is 21.8 Å². The Morgan fingerprint density at radius 3 is 2.57 bits per heavy atom. The maximum absolute atomic E-state index is 12.9. The molecule has 14 heavy (non-hydrogen) atoms. The van der Waals surface area contributed by atoms with Crippen molar-refractivity contribution >= 4 is 10.2 Å². The fourth-order valence-electron chi connectivity index (χ4n) is 0.857. The molecule has 7 heteroatoms. The lowest BCUT2D eigenvalue weighted by Crippen LogP contribution is -2.30. The highest BCUT2D eigenvalue weighted by molar-refractivity contribution is 7.87. The zero-order valence-electron chi connectivity index (χ0n) is 7.00. The fraction of sp³-hybridized carbons (Fsp3) is 0.143. The average molecular weight is 222 g/mol. The SMILES string of the molecule is NS(=O)(=O)NCc1cc(F)ccc1F. The second kappa shape index (κ2) is 3.99. The zero-order chi connectivity index (χ0) is 10.8. The van der Waals surface area contributed by atoms with Crippen molar-refractivity contribution in [3.8, 4) is 0 Å². The van der Waals surface area contributed by atoms with Crippen molar-refractivity contribution < 1.29 is 17.2 Å². The fourth-order valence-corrected chi connectivity index (χ4v) is 1.21. The van der Waals surface area contributed by atoms with Gasteiger partial charge in [0.25, 0.3) is 10.2 Å². The van der Waals surface area contributed by atoms with Crippen LogP contribution in [0.25, 0.3) is 0 Å². The summed E-state index contributed by atoms with van der Waals surface area (Å²) in [6, 6.07) is 2.75. The molecule has 0 saturated heterocycles. The Balaban J connectivity index is 2.81. The van der Waals surface area contributed by atoms with Gasteiger partial charge in [-0.1, -0.05) is 0 Å². The van der Waals surface area contributed by atoms with Crippen molar-refractivity contribution in [2.75, 3.05) is 0 Å². The zero-order valence-corrected chi connectivity index (χ0v) is 7.81.